The molecule has 156 valence electrons. The van der Waals surface area contributed by atoms with E-state index >= 15 is 0 Å². The standard InChI is InChI=1S/C26H32N3O/c1-17-15-16-19-23(30-25(27-19)26(2,3)4)22(17)24-28(5)20-13-9-10-14-21(20)29(24)18-11-7-6-8-12-18/h9-10,13-16,18H,6-8,11-12H2,1-5H3/q+1. The van der Waals surface area contributed by atoms with Gasteiger partial charge in [0.05, 0.1) is 7.05 Å². The van der Waals surface area contributed by atoms with E-state index in [1.165, 1.54) is 60.1 Å². The van der Waals surface area contributed by atoms with Gasteiger partial charge in [0, 0.05) is 5.41 Å². The fourth-order valence-corrected chi connectivity index (χ4v) is 5.03. The first-order valence-electron chi connectivity index (χ1n) is 11.3. The van der Waals surface area contributed by atoms with Gasteiger partial charge in [-0.05, 0) is 56.4 Å². The summed E-state index contributed by atoms with van der Waals surface area (Å²) in [6, 6.07) is 13.6. The van der Waals surface area contributed by atoms with E-state index in [0.717, 1.165) is 17.0 Å². The highest BCUT2D eigenvalue weighted by molar-refractivity contribution is 5.91. The molecule has 2 heterocycles. The molecule has 0 aliphatic heterocycles. The summed E-state index contributed by atoms with van der Waals surface area (Å²) in [7, 11) is 2.19. The third kappa shape index (κ3) is 2.96. The van der Waals surface area contributed by atoms with Crippen molar-refractivity contribution in [2.24, 2.45) is 7.05 Å². The number of aryl methyl sites for hydroxylation is 2. The fourth-order valence-electron chi connectivity index (χ4n) is 5.03. The van der Waals surface area contributed by atoms with Crippen LogP contribution in [0.3, 0.4) is 0 Å². The summed E-state index contributed by atoms with van der Waals surface area (Å²) in [4.78, 5) is 4.85. The number of oxazole rings is 1. The largest absolute Gasteiger partial charge is 0.439 e. The zero-order valence-electron chi connectivity index (χ0n) is 18.8. The molecular formula is C26H32N3O+. The Labute approximate surface area is 178 Å². The number of nitrogens with zero attached hydrogens (tertiary/aromatic N) is 3. The lowest BCUT2D eigenvalue weighted by Crippen LogP contribution is -2.31. The molecule has 0 bridgehead atoms. The molecule has 1 aliphatic carbocycles. The lowest BCUT2D eigenvalue weighted by atomic mass is 9.94. The van der Waals surface area contributed by atoms with E-state index in [-0.39, 0.29) is 5.41 Å². The van der Waals surface area contributed by atoms with Crippen molar-refractivity contribution in [3.05, 3.63) is 47.9 Å². The van der Waals surface area contributed by atoms with Crippen LogP contribution in [-0.4, -0.2) is 9.55 Å². The molecule has 5 rings (SSSR count). The van der Waals surface area contributed by atoms with Gasteiger partial charge in [0.25, 0.3) is 5.82 Å². The average molecular weight is 403 g/mol. The van der Waals surface area contributed by atoms with Gasteiger partial charge >= 0.3 is 0 Å². The first-order chi connectivity index (χ1) is 14.4. The zero-order chi connectivity index (χ0) is 21.0. The van der Waals surface area contributed by atoms with E-state index in [1.807, 2.05) is 0 Å². The van der Waals surface area contributed by atoms with Crippen LogP contribution in [0.2, 0.25) is 0 Å². The fraction of sp³-hybridized carbons (Fsp3) is 0.462. The van der Waals surface area contributed by atoms with E-state index in [0.29, 0.717) is 6.04 Å². The Hall–Kier alpha value is -2.62. The number of imidazole rings is 1. The minimum absolute atomic E-state index is 0.123. The van der Waals surface area contributed by atoms with Crippen LogP contribution in [0.15, 0.2) is 40.8 Å². The minimum Gasteiger partial charge on any atom is -0.439 e. The van der Waals surface area contributed by atoms with Gasteiger partial charge in [0.2, 0.25) is 5.89 Å². The van der Waals surface area contributed by atoms with Crippen molar-refractivity contribution >= 4 is 22.1 Å². The Morgan fingerprint density at radius 1 is 1.03 bits per heavy atom. The van der Waals surface area contributed by atoms with Crippen molar-refractivity contribution in [1.29, 1.82) is 0 Å². The minimum atomic E-state index is -0.123. The van der Waals surface area contributed by atoms with Crippen LogP contribution >= 0.6 is 0 Å². The van der Waals surface area contributed by atoms with E-state index in [2.05, 4.69) is 80.3 Å². The molecule has 0 amide bonds. The second-order valence-electron chi connectivity index (χ2n) is 9.91. The van der Waals surface area contributed by atoms with Gasteiger partial charge in [-0.3, -0.25) is 0 Å². The van der Waals surface area contributed by atoms with Crippen molar-refractivity contribution in [1.82, 2.24) is 9.55 Å². The molecule has 1 aliphatic rings. The Morgan fingerprint density at radius 2 is 1.77 bits per heavy atom. The van der Waals surface area contributed by atoms with Crippen molar-refractivity contribution < 1.29 is 8.98 Å². The Bertz CT molecular complexity index is 1230. The Morgan fingerprint density at radius 3 is 2.50 bits per heavy atom. The van der Waals surface area contributed by atoms with E-state index < -0.39 is 0 Å². The quantitative estimate of drug-likeness (QED) is 0.364. The summed E-state index contributed by atoms with van der Waals surface area (Å²) in [5, 5.41) is 0. The maximum absolute atomic E-state index is 6.45. The zero-order valence-corrected chi connectivity index (χ0v) is 18.8. The van der Waals surface area contributed by atoms with Crippen LogP contribution in [0.4, 0.5) is 0 Å². The van der Waals surface area contributed by atoms with Gasteiger partial charge in [-0.2, -0.15) is 0 Å². The van der Waals surface area contributed by atoms with E-state index in [4.69, 9.17) is 9.40 Å². The molecule has 1 fully saturated rings. The summed E-state index contributed by atoms with van der Waals surface area (Å²) in [5.74, 6) is 2.04. The maximum atomic E-state index is 6.45. The first kappa shape index (κ1) is 19.3. The Kier molecular flexibility index (Phi) is 4.49. The highest BCUT2D eigenvalue weighted by atomic mass is 16.3. The number of benzene rings is 2. The van der Waals surface area contributed by atoms with Crippen molar-refractivity contribution in [2.75, 3.05) is 0 Å². The van der Waals surface area contributed by atoms with Gasteiger partial charge in [-0.15, -0.1) is 0 Å². The number of fused-ring (bicyclic) bond motifs is 2. The summed E-state index contributed by atoms with van der Waals surface area (Å²) in [6.45, 7) is 8.66. The smallest absolute Gasteiger partial charge is 0.294 e. The molecule has 0 N–H and O–H groups in total. The van der Waals surface area contributed by atoms with Crippen molar-refractivity contribution in [3.8, 4) is 11.4 Å². The molecule has 0 spiro atoms. The predicted octanol–water partition coefficient (Wildman–Crippen LogP) is 6.39. The van der Waals surface area contributed by atoms with Crippen LogP contribution in [0.1, 0.15) is 70.4 Å². The molecule has 30 heavy (non-hydrogen) atoms. The molecule has 2 aromatic heterocycles. The number of hydrogen-bond acceptors (Lipinski definition) is 2. The second-order valence-corrected chi connectivity index (χ2v) is 9.91. The average Bonchev–Trinajstić information content (AvgIpc) is 3.29. The second kappa shape index (κ2) is 6.97. The van der Waals surface area contributed by atoms with Gasteiger partial charge in [0.1, 0.15) is 17.1 Å². The number of aromatic nitrogens is 3. The third-order valence-corrected chi connectivity index (χ3v) is 6.62. The summed E-state index contributed by atoms with van der Waals surface area (Å²) < 4.78 is 11.4. The van der Waals surface area contributed by atoms with Crippen LogP contribution in [0.25, 0.3) is 33.5 Å². The molecule has 0 radical (unpaired) electrons. The first-order valence-corrected chi connectivity index (χ1v) is 11.3. The normalized spacial score (nSPS) is 16.0. The molecule has 4 aromatic rings. The Balaban J connectivity index is 1.85. The number of hydrogen-bond donors (Lipinski definition) is 0. The third-order valence-electron chi connectivity index (χ3n) is 6.62. The monoisotopic (exact) mass is 402 g/mol. The van der Waals surface area contributed by atoms with Gasteiger partial charge in [0.15, 0.2) is 16.6 Å². The lowest BCUT2D eigenvalue weighted by Gasteiger charge is -2.21. The molecule has 0 unspecified atom stereocenters. The van der Waals surface area contributed by atoms with Gasteiger partial charge in [-0.1, -0.05) is 45.4 Å². The summed E-state index contributed by atoms with van der Waals surface area (Å²) in [6.07, 6.45) is 6.44. The van der Waals surface area contributed by atoms with Gasteiger partial charge in [-0.25, -0.2) is 14.1 Å². The summed E-state index contributed by atoms with van der Waals surface area (Å²) >= 11 is 0. The molecule has 1 saturated carbocycles. The van der Waals surface area contributed by atoms with Crippen LogP contribution in [0.5, 0.6) is 0 Å². The van der Waals surface area contributed by atoms with Crippen molar-refractivity contribution in [3.63, 3.8) is 0 Å². The highest BCUT2D eigenvalue weighted by Crippen LogP contribution is 2.39. The van der Waals surface area contributed by atoms with Crippen LogP contribution in [-0.2, 0) is 12.5 Å². The predicted molar refractivity (Wildman–Crippen MR) is 122 cm³/mol. The van der Waals surface area contributed by atoms with E-state index in [1.54, 1.807) is 0 Å². The van der Waals surface area contributed by atoms with Crippen molar-refractivity contribution in [2.45, 2.75) is 71.3 Å². The van der Waals surface area contributed by atoms with Gasteiger partial charge < -0.3 is 4.42 Å². The number of para-hydroxylation sites is 2. The lowest BCUT2D eigenvalue weighted by molar-refractivity contribution is -0.634. The molecular weight excluding hydrogens is 370 g/mol. The molecule has 4 nitrogen and oxygen atoms in total. The topological polar surface area (TPSA) is 34.8 Å². The number of rotatable bonds is 2. The molecule has 0 atom stereocenters. The highest BCUT2D eigenvalue weighted by Gasteiger charge is 2.34. The maximum Gasteiger partial charge on any atom is 0.294 e. The van der Waals surface area contributed by atoms with Crippen LogP contribution < -0.4 is 4.57 Å². The molecule has 4 heteroatoms. The molecule has 0 saturated heterocycles. The summed E-state index contributed by atoms with van der Waals surface area (Å²) in [5.41, 5.74) is 6.73. The van der Waals surface area contributed by atoms with Crippen LogP contribution in [0, 0.1) is 6.92 Å². The molecule has 2 aromatic carbocycles. The SMILES string of the molecule is Cc1ccc2nc(C(C)(C)C)oc2c1-c1n(C2CCCCC2)c2ccccc2[n+]1C. The van der Waals surface area contributed by atoms with E-state index in [9.17, 15) is 0 Å².